The van der Waals surface area contributed by atoms with Crippen molar-refractivity contribution in [2.24, 2.45) is 0 Å². The number of ketones is 1. The van der Waals surface area contributed by atoms with Gasteiger partial charge in [0.2, 0.25) is 5.82 Å². The predicted octanol–water partition coefficient (Wildman–Crippen LogP) is 4.30. The fraction of sp³-hybridized carbons (Fsp3) is 0.0714. The zero-order chi connectivity index (χ0) is 14.9. The fourth-order valence-electron chi connectivity index (χ4n) is 1.64. The quantitative estimate of drug-likeness (QED) is 0.514. The summed E-state index contributed by atoms with van der Waals surface area (Å²) in [5.41, 5.74) is 6.20. The van der Waals surface area contributed by atoms with E-state index in [-0.39, 0.29) is 22.8 Å². The van der Waals surface area contributed by atoms with Gasteiger partial charge in [0.25, 0.3) is 0 Å². The number of anilines is 1. The van der Waals surface area contributed by atoms with Gasteiger partial charge in [0, 0.05) is 15.7 Å². The smallest absolute Gasteiger partial charge is 0.201 e. The van der Waals surface area contributed by atoms with Crippen LogP contribution in [-0.4, -0.2) is 5.78 Å². The lowest BCUT2D eigenvalue weighted by Crippen LogP contribution is -2.00. The molecule has 2 N–H and O–H groups in total. The lowest BCUT2D eigenvalue weighted by Gasteiger charge is -2.10. The summed E-state index contributed by atoms with van der Waals surface area (Å²) in [6.45, 7) is 1.36. The van der Waals surface area contributed by atoms with Crippen LogP contribution in [0.15, 0.2) is 34.8 Å². The Morgan fingerprint density at radius 2 is 1.95 bits per heavy atom. The maximum Gasteiger partial charge on any atom is 0.201 e. The first-order chi connectivity index (χ1) is 9.38. The summed E-state index contributed by atoms with van der Waals surface area (Å²) < 4.78 is 32.5. The summed E-state index contributed by atoms with van der Waals surface area (Å²) in [4.78, 5) is 11.4. The number of Topliss-reactive ketones (excluding diaryl/α,β-unsaturated/α-hetero) is 1. The van der Waals surface area contributed by atoms with Crippen molar-refractivity contribution in [3.8, 4) is 11.5 Å². The molecule has 104 valence electrons. The molecule has 0 aliphatic heterocycles. The standard InChI is InChI=1S/C14H10BrF2NO2/c1-7(19)10-6-9(2-3-12(10)18)20-13-5-8(15)4-11(16)14(13)17/h2-6H,18H2,1H3. The zero-order valence-electron chi connectivity index (χ0n) is 10.4. The molecule has 0 aliphatic carbocycles. The molecule has 0 saturated carbocycles. The molecular formula is C14H10BrF2NO2. The van der Waals surface area contributed by atoms with E-state index in [1.54, 1.807) is 0 Å². The highest BCUT2D eigenvalue weighted by Gasteiger charge is 2.13. The molecule has 2 aromatic rings. The molecule has 2 rings (SSSR count). The fourth-order valence-corrected chi connectivity index (χ4v) is 2.05. The van der Waals surface area contributed by atoms with Crippen LogP contribution < -0.4 is 10.5 Å². The third-order valence-corrected chi connectivity index (χ3v) is 3.05. The second kappa shape index (κ2) is 5.58. The molecule has 0 saturated heterocycles. The third kappa shape index (κ3) is 2.96. The number of halogens is 3. The van der Waals surface area contributed by atoms with Crippen molar-refractivity contribution in [3.05, 3.63) is 52.0 Å². The first-order valence-electron chi connectivity index (χ1n) is 5.61. The molecule has 0 bridgehead atoms. The molecule has 0 amide bonds. The minimum Gasteiger partial charge on any atom is -0.454 e. The van der Waals surface area contributed by atoms with Gasteiger partial charge in [-0.1, -0.05) is 15.9 Å². The Morgan fingerprint density at radius 3 is 2.60 bits per heavy atom. The molecule has 0 aliphatic rings. The highest BCUT2D eigenvalue weighted by atomic mass is 79.9. The topological polar surface area (TPSA) is 52.3 Å². The molecule has 2 aromatic carbocycles. The number of carbonyl (C=O) groups excluding carboxylic acids is 1. The van der Waals surface area contributed by atoms with E-state index >= 15 is 0 Å². The summed E-state index contributed by atoms with van der Waals surface area (Å²) in [7, 11) is 0. The molecule has 3 nitrogen and oxygen atoms in total. The van der Waals surface area contributed by atoms with Crippen LogP contribution in [-0.2, 0) is 0 Å². The van der Waals surface area contributed by atoms with Gasteiger partial charge in [0.1, 0.15) is 5.75 Å². The van der Waals surface area contributed by atoms with Gasteiger partial charge in [0.05, 0.1) is 0 Å². The van der Waals surface area contributed by atoms with Gasteiger partial charge in [-0.3, -0.25) is 4.79 Å². The number of ether oxygens (including phenoxy) is 1. The molecule has 0 atom stereocenters. The maximum absolute atomic E-state index is 13.6. The summed E-state index contributed by atoms with van der Waals surface area (Å²) in [5, 5.41) is 0. The van der Waals surface area contributed by atoms with Gasteiger partial charge in [-0.25, -0.2) is 4.39 Å². The van der Waals surface area contributed by atoms with Crippen molar-refractivity contribution in [3.63, 3.8) is 0 Å². The van der Waals surface area contributed by atoms with E-state index in [4.69, 9.17) is 10.5 Å². The van der Waals surface area contributed by atoms with Crippen LogP contribution in [0.4, 0.5) is 14.5 Å². The van der Waals surface area contributed by atoms with Gasteiger partial charge in [0.15, 0.2) is 17.3 Å². The monoisotopic (exact) mass is 341 g/mol. The van der Waals surface area contributed by atoms with Crippen molar-refractivity contribution in [2.45, 2.75) is 6.92 Å². The summed E-state index contributed by atoms with van der Waals surface area (Å²) in [6.07, 6.45) is 0. The molecule has 6 heteroatoms. The van der Waals surface area contributed by atoms with Crippen LogP contribution in [0.2, 0.25) is 0 Å². The van der Waals surface area contributed by atoms with E-state index in [2.05, 4.69) is 15.9 Å². The van der Waals surface area contributed by atoms with Crippen molar-refractivity contribution < 1.29 is 18.3 Å². The van der Waals surface area contributed by atoms with E-state index in [0.717, 1.165) is 6.07 Å². The number of hydrogen-bond acceptors (Lipinski definition) is 3. The average molecular weight is 342 g/mol. The van der Waals surface area contributed by atoms with Crippen molar-refractivity contribution >= 4 is 27.4 Å². The van der Waals surface area contributed by atoms with Crippen LogP contribution in [0, 0.1) is 11.6 Å². The van der Waals surface area contributed by atoms with Gasteiger partial charge >= 0.3 is 0 Å². The highest BCUT2D eigenvalue weighted by Crippen LogP contribution is 2.31. The molecule has 0 radical (unpaired) electrons. The molecule has 20 heavy (non-hydrogen) atoms. The number of rotatable bonds is 3. The van der Waals surface area contributed by atoms with Crippen molar-refractivity contribution in [1.29, 1.82) is 0 Å². The van der Waals surface area contributed by atoms with Crippen LogP contribution in [0.1, 0.15) is 17.3 Å². The van der Waals surface area contributed by atoms with E-state index in [1.807, 2.05) is 0 Å². The minimum atomic E-state index is -1.10. The molecule has 0 spiro atoms. The number of hydrogen-bond donors (Lipinski definition) is 1. The second-order valence-corrected chi connectivity index (χ2v) is 5.02. The van der Waals surface area contributed by atoms with E-state index in [9.17, 15) is 13.6 Å². The molecular weight excluding hydrogens is 332 g/mol. The number of benzene rings is 2. The summed E-state index contributed by atoms with van der Waals surface area (Å²) in [6, 6.07) is 6.61. The summed E-state index contributed by atoms with van der Waals surface area (Å²) in [5.74, 6) is -2.46. The van der Waals surface area contributed by atoms with Crippen LogP contribution in [0.5, 0.6) is 11.5 Å². The Morgan fingerprint density at radius 1 is 1.25 bits per heavy atom. The third-order valence-electron chi connectivity index (χ3n) is 2.59. The van der Waals surface area contributed by atoms with Gasteiger partial charge in [-0.05, 0) is 37.3 Å². The Balaban J connectivity index is 2.40. The van der Waals surface area contributed by atoms with E-state index in [0.29, 0.717) is 10.2 Å². The predicted molar refractivity (Wildman–Crippen MR) is 75.0 cm³/mol. The first kappa shape index (κ1) is 14.5. The normalized spacial score (nSPS) is 10.4. The number of nitrogens with two attached hydrogens (primary N) is 1. The van der Waals surface area contributed by atoms with Gasteiger partial charge in [-0.2, -0.15) is 4.39 Å². The Labute approximate surface area is 122 Å². The zero-order valence-corrected chi connectivity index (χ0v) is 12.0. The molecule has 0 aromatic heterocycles. The van der Waals surface area contributed by atoms with Crippen LogP contribution >= 0.6 is 15.9 Å². The molecule has 0 unspecified atom stereocenters. The molecule has 0 heterocycles. The molecule has 0 fully saturated rings. The number of carbonyl (C=O) groups is 1. The minimum absolute atomic E-state index is 0.195. The van der Waals surface area contributed by atoms with E-state index < -0.39 is 11.6 Å². The number of nitrogen functional groups attached to an aromatic ring is 1. The van der Waals surface area contributed by atoms with Gasteiger partial charge in [-0.15, -0.1) is 0 Å². The lowest BCUT2D eigenvalue weighted by atomic mass is 10.1. The van der Waals surface area contributed by atoms with E-state index in [1.165, 1.54) is 31.2 Å². The Hall–Kier alpha value is -1.95. The average Bonchev–Trinajstić information content (AvgIpc) is 2.37. The Kier molecular flexibility index (Phi) is 4.04. The van der Waals surface area contributed by atoms with Crippen LogP contribution in [0.25, 0.3) is 0 Å². The Bertz CT molecular complexity index is 689. The van der Waals surface area contributed by atoms with Gasteiger partial charge < -0.3 is 10.5 Å². The van der Waals surface area contributed by atoms with Crippen LogP contribution in [0.3, 0.4) is 0 Å². The highest BCUT2D eigenvalue weighted by molar-refractivity contribution is 9.10. The first-order valence-corrected chi connectivity index (χ1v) is 6.40. The summed E-state index contributed by atoms with van der Waals surface area (Å²) >= 11 is 3.05. The van der Waals surface area contributed by atoms with Crippen molar-refractivity contribution in [2.75, 3.05) is 5.73 Å². The maximum atomic E-state index is 13.6. The largest absolute Gasteiger partial charge is 0.454 e. The lowest BCUT2D eigenvalue weighted by molar-refractivity contribution is 0.101. The second-order valence-electron chi connectivity index (χ2n) is 4.11. The SMILES string of the molecule is CC(=O)c1cc(Oc2cc(Br)cc(F)c2F)ccc1N. The van der Waals surface area contributed by atoms with Crippen molar-refractivity contribution in [1.82, 2.24) is 0 Å².